The van der Waals surface area contributed by atoms with Gasteiger partial charge in [0.1, 0.15) is 0 Å². The molecule has 0 aromatic heterocycles. The molecule has 172 valence electrons. The molecule has 0 aliphatic carbocycles. The van der Waals surface area contributed by atoms with E-state index in [1.54, 1.807) is 6.92 Å². The molecule has 0 bridgehead atoms. The van der Waals surface area contributed by atoms with E-state index in [4.69, 9.17) is 0 Å². The number of hydrogen-bond donors (Lipinski definition) is 2. The molecule has 9 heteroatoms. The summed E-state index contributed by atoms with van der Waals surface area (Å²) in [7, 11) is 0. The van der Waals surface area contributed by atoms with Gasteiger partial charge in [-0.25, -0.2) is 4.99 Å². The summed E-state index contributed by atoms with van der Waals surface area (Å²) in [5.41, 5.74) is 2.09. The summed E-state index contributed by atoms with van der Waals surface area (Å²) in [5.74, 6) is 1.18. The molecule has 8 nitrogen and oxygen atoms in total. The average Bonchev–Trinajstić information content (AvgIpc) is 3.18. The maximum absolute atomic E-state index is 11.9. The molecule has 2 fully saturated rings. The summed E-state index contributed by atoms with van der Waals surface area (Å²) >= 11 is 0. The molecular formula is C22H35IN6O2. The van der Waals surface area contributed by atoms with Crippen LogP contribution in [0, 0.1) is 0 Å². The highest BCUT2D eigenvalue weighted by molar-refractivity contribution is 14.0. The Morgan fingerprint density at radius 2 is 1.77 bits per heavy atom. The van der Waals surface area contributed by atoms with Crippen LogP contribution in [-0.2, 0) is 16.1 Å². The minimum Gasteiger partial charge on any atom is -0.357 e. The Kier molecular flexibility index (Phi) is 10.5. The second-order valence-corrected chi connectivity index (χ2v) is 7.79. The van der Waals surface area contributed by atoms with Crippen molar-refractivity contribution in [2.24, 2.45) is 4.99 Å². The first-order valence-corrected chi connectivity index (χ1v) is 11.0. The smallest absolute Gasteiger partial charge is 0.227 e. The average molecular weight is 542 g/mol. The van der Waals surface area contributed by atoms with Crippen LogP contribution in [0.5, 0.6) is 0 Å². The molecule has 2 N–H and O–H groups in total. The van der Waals surface area contributed by atoms with Crippen molar-refractivity contribution >= 4 is 47.4 Å². The largest absolute Gasteiger partial charge is 0.357 e. The zero-order valence-electron chi connectivity index (χ0n) is 18.6. The third-order valence-electron chi connectivity index (χ3n) is 5.62. The third kappa shape index (κ3) is 7.64. The van der Waals surface area contributed by atoms with Crippen molar-refractivity contribution in [2.75, 3.05) is 57.3 Å². The molecule has 0 radical (unpaired) electrons. The number of hydrogen-bond acceptors (Lipinski definition) is 4. The minimum atomic E-state index is 0. The summed E-state index contributed by atoms with van der Waals surface area (Å²) in [4.78, 5) is 34.1. The van der Waals surface area contributed by atoms with E-state index >= 15 is 0 Å². The fourth-order valence-corrected chi connectivity index (χ4v) is 3.83. The lowest BCUT2D eigenvalue weighted by atomic mass is 10.2. The molecule has 1 aromatic carbocycles. The normalized spacial score (nSPS) is 17.5. The van der Waals surface area contributed by atoms with Crippen LogP contribution in [0.3, 0.4) is 0 Å². The molecule has 0 unspecified atom stereocenters. The van der Waals surface area contributed by atoms with Crippen LogP contribution in [0.1, 0.15) is 32.3 Å². The molecule has 2 saturated heterocycles. The number of halogens is 1. The van der Waals surface area contributed by atoms with E-state index in [9.17, 15) is 9.59 Å². The van der Waals surface area contributed by atoms with Crippen molar-refractivity contribution in [3.05, 3.63) is 29.8 Å². The van der Waals surface area contributed by atoms with Crippen LogP contribution in [-0.4, -0.2) is 79.9 Å². The fraction of sp³-hybridized carbons (Fsp3) is 0.591. The molecule has 0 saturated carbocycles. The SMILES string of the molecule is CCNC(=NCc1ccc(N2CCCC2=O)cc1)NCCN1CCN(C(C)=O)CC1.I. The second kappa shape index (κ2) is 12.8. The fourth-order valence-electron chi connectivity index (χ4n) is 3.83. The van der Waals surface area contributed by atoms with E-state index in [0.29, 0.717) is 13.0 Å². The van der Waals surface area contributed by atoms with Crippen molar-refractivity contribution in [2.45, 2.75) is 33.2 Å². The Morgan fingerprint density at radius 1 is 1.06 bits per heavy atom. The predicted molar refractivity (Wildman–Crippen MR) is 135 cm³/mol. The summed E-state index contributed by atoms with van der Waals surface area (Å²) in [5, 5.41) is 6.69. The van der Waals surface area contributed by atoms with Gasteiger partial charge in [0.05, 0.1) is 6.54 Å². The van der Waals surface area contributed by atoms with Gasteiger partial charge in [-0.05, 0) is 31.0 Å². The van der Waals surface area contributed by atoms with Crippen molar-refractivity contribution < 1.29 is 9.59 Å². The Labute approximate surface area is 202 Å². The van der Waals surface area contributed by atoms with Gasteiger partial charge in [-0.2, -0.15) is 0 Å². The highest BCUT2D eigenvalue weighted by Gasteiger charge is 2.21. The van der Waals surface area contributed by atoms with Crippen LogP contribution in [0.4, 0.5) is 5.69 Å². The number of nitrogens with one attached hydrogen (secondary N) is 2. The summed E-state index contributed by atoms with van der Waals surface area (Å²) in [6.07, 6.45) is 1.59. The Balaban J connectivity index is 0.00000341. The first kappa shape index (κ1) is 25.4. The van der Waals surface area contributed by atoms with Gasteiger partial charge in [-0.3, -0.25) is 14.5 Å². The zero-order chi connectivity index (χ0) is 21.3. The van der Waals surface area contributed by atoms with Gasteiger partial charge in [-0.1, -0.05) is 12.1 Å². The molecule has 0 spiro atoms. The number of carbonyl (C=O) groups is 2. The van der Waals surface area contributed by atoms with Crippen LogP contribution < -0.4 is 15.5 Å². The number of carbonyl (C=O) groups excluding carboxylic acids is 2. The van der Waals surface area contributed by atoms with Gasteiger partial charge in [0.2, 0.25) is 11.8 Å². The number of aliphatic imine (C=N–C) groups is 1. The Morgan fingerprint density at radius 3 is 2.35 bits per heavy atom. The number of amides is 2. The zero-order valence-corrected chi connectivity index (χ0v) is 20.9. The van der Waals surface area contributed by atoms with E-state index in [2.05, 4.69) is 27.4 Å². The molecular weight excluding hydrogens is 507 g/mol. The van der Waals surface area contributed by atoms with Crippen LogP contribution in [0.15, 0.2) is 29.3 Å². The standard InChI is InChI=1S/C22H34N6O2.HI/c1-3-23-22(24-10-12-26-13-15-27(16-14-26)18(2)29)25-17-19-6-8-20(9-7-19)28-11-4-5-21(28)30;/h6-9H,3-5,10-17H2,1-2H3,(H2,23,24,25);1H. The van der Waals surface area contributed by atoms with E-state index in [1.165, 1.54) is 0 Å². The van der Waals surface area contributed by atoms with E-state index < -0.39 is 0 Å². The van der Waals surface area contributed by atoms with Gasteiger partial charge < -0.3 is 20.4 Å². The van der Waals surface area contributed by atoms with Crippen molar-refractivity contribution in [3.63, 3.8) is 0 Å². The van der Waals surface area contributed by atoms with Gasteiger partial charge in [0, 0.05) is 71.4 Å². The number of guanidine groups is 1. The molecule has 3 rings (SSSR count). The van der Waals surface area contributed by atoms with E-state index in [1.807, 2.05) is 34.1 Å². The minimum absolute atomic E-state index is 0. The molecule has 31 heavy (non-hydrogen) atoms. The molecule has 2 aliphatic heterocycles. The first-order chi connectivity index (χ1) is 14.6. The molecule has 1 aromatic rings. The molecule has 2 aliphatic rings. The molecule has 0 atom stereocenters. The first-order valence-electron chi connectivity index (χ1n) is 11.0. The number of anilines is 1. The quantitative estimate of drug-likeness (QED) is 0.311. The lowest BCUT2D eigenvalue weighted by molar-refractivity contribution is -0.130. The summed E-state index contributed by atoms with van der Waals surface area (Å²) < 4.78 is 0. The summed E-state index contributed by atoms with van der Waals surface area (Å²) in [6, 6.07) is 8.11. The highest BCUT2D eigenvalue weighted by Crippen LogP contribution is 2.21. The third-order valence-corrected chi connectivity index (χ3v) is 5.62. The number of rotatable bonds is 7. The van der Waals surface area contributed by atoms with Crippen molar-refractivity contribution in [1.29, 1.82) is 0 Å². The van der Waals surface area contributed by atoms with Gasteiger partial charge in [-0.15, -0.1) is 24.0 Å². The van der Waals surface area contributed by atoms with Gasteiger partial charge in [0.15, 0.2) is 5.96 Å². The van der Waals surface area contributed by atoms with Crippen molar-refractivity contribution in [3.8, 4) is 0 Å². The Hall–Kier alpha value is -1.88. The number of nitrogens with zero attached hydrogens (tertiary/aromatic N) is 4. The maximum Gasteiger partial charge on any atom is 0.227 e. The maximum atomic E-state index is 11.9. The topological polar surface area (TPSA) is 80.3 Å². The van der Waals surface area contributed by atoms with Crippen LogP contribution in [0.2, 0.25) is 0 Å². The monoisotopic (exact) mass is 542 g/mol. The lowest BCUT2D eigenvalue weighted by Gasteiger charge is -2.34. The van der Waals surface area contributed by atoms with Crippen LogP contribution in [0.25, 0.3) is 0 Å². The van der Waals surface area contributed by atoms with Crippen LogP contribution >= 0.6 is 24.0 Å². The number of benzene rings is 1. The Bertz CT molecular complexity index is 747. The number of piperazine rings is 1. The van der Waals surface area contributed by atoms with Crippen molar-refractivity contribution in [1.82, 2.24) is 20.4 Å². The van der Waals surface area contributed by atoms with Gasteiger partial charge >= 0.3 is 0 Å². The van der Waals surface area contributed by atoms with Gasteiger partial charge in [0.25, 0.3) is 0 Å². The molecule has 2 heterocycles. The highest BCUT2D eigenvalue weighted by atomic mass is 127. The van der Waals surface area contributed by atoms with E-state index in [-0.39, 0.29) is 35.8 Å². The lowest BCUT2D eigenvalue weighted by Crippen LogP contribution is -2.50. The second-order valence-electron chi connectivity index (χ2n) is 7.79. The molecule has 2 amide bonds. The predicted octanol–water partition coefficient (Wildman–Crippen LogP) is 1.65. The van der Waals surface area contributed by atoms with E-state index in [0.717, 1.165) is 76.0 Å². The summed E-state index contributed by atoms with van der Waals surface area (Å²) in [6.45, 7) is 11.1.